The molecule has 5 nitrogen and oxygen atoms in total. The zero-order valence-corrected chi connectivity index (χ0v) is 13.1. The Hall–Kier alpha value is -1.89. The molecule has 1 unspecified atom stereocenters. The average molecular weight is 321 g/mol. The summed E-state index contributed by atoms with van der Waals surface area (Å²) in [6.07, 6.45) is -0.587. The molecule has 0 aliphatic heterocycles. The monoisotopic (exact) mass is 321 g/mol. The van der Waals surface area contributed by atoms with E-state index in [1.807, 2.05) is 54.6 Å². The third kappa shape index (κ3) is 4.84. The van der Waals surface area contributed by atoms with Crippen molar-refractivity contribution in [2.24, 2.45) is 0 Å². The summed E-state index contributed by atoms with van der Waals surface area (Å²) in [5.41, 5.74) is 2.59. The van der Waals surface area contributed by atoms with Gasteiger partial charge in [-0.1, -0.05) is 42.5 Å². The summed E-state index contributed by atoms with van der Waals surface area (Å²) in [5, 5.41) is 9.69. The fourth-order valence-electron chi connectivity index (χ4n) is 2.11. The van der Waals surface area contributed by atoms with E-state index in [-0.39, 0.29) is 6.73 Å². The van der Waals surface area contributed by atoms with Gasteiger partial charge in [0, 0.05) is 12.2 Å². The number of thiol groups is 1. The normalized spacial score (nSPS) is 12.3. The van der Waals surface area contributed by atoms with Gasteiger partial charge in [-0.25, -0.2) is 8.42 Å². The van der Waals surface area contributed by atoms with Crippen molar-refractivity contribution in [3.05, 3.63) is 65.7 Å². The van der Waals surface area contributed by atoms with Crippen LogP contribution in [0.15, 0.2) is 54.6 Å². The molecular weight excluding hydrogens is 302 g/mol. The Morgan fingerprint density at radius 3 is 2.50 bits per heavy atom. The van der Waals surface area contributed by atoms with E-state index in [1.54, 1.807) is 11.8 Å². The molecule has 0 amide bonds. The van der Waals surface area contributed by atoms with Gasteiger partial charge < -0.3 is 10.0 Å². The molecular formula is C16H19NO4S. The molecule has 2 aromatic rings. The van der Waals surface area contributed by atoms with Crippen LogP contribution in [-0.2, 0) is 21.7 Å². The highest BCUT2D eigenvalue weighted by molar-refractivity contribution is 7.67. The molecule has 0 aromatic heterocycles. The van der Waals surface area contributed by atoms with E-state index < -0.39 is 17.1 Å². The molecule has 0 saturated heterocycles. The molecule has 1 N–H and O–H groups in total. The third-order valence-corrected chi connectivity index (χ3v) is 3.58. The number of benzene rings is 2. The highest BCUT2D eigenvalue weighted by Crippen LogP contribution is 2.22. The highest BCUT2D eigenvalue weighted by Gasteiger charge is 2.10. The maximum Gasteiger partial charge on any atom is 0.258 e. The van der Waals surface area contributed by atoms with Crippen LogP contribution in [0.1, 0.15) is 24.2 Å². The smallest absolute Gasteiger partial charge is 0.258 e. The van der Waals surface area contributed by atoms with Gasteiger partial charge in [-0.2, -0.15) is 0 Å². The second-order valence-corrected chi connectivity index (χ2v) is 5.64. The molecule has 0 spiro atoms. The van der Waals surface area contributed by atoms with Crippen LogP contribution >= 0.6 is 0 Å². The summed E-state index contributed by atoms with van der Waals surface area (Å²) in [4.78, 5) is 1.80. The van der Waals surface area contributed by atoms with Gasteiger partial charge in [-0.05, 0) is 30.2 Å². The highest BCUT2D eigenvalue weighted by atomic mass is 32.2. The minimum Gasteiger partial charge on any atom is -0.389 e. The summed E-state index contributed by atoms with van der Waals surface area (Å²) < 4.78 is 26.2. The zero-order chi connectivity index (χ0) is 15.9. The van der Waals surface area contributed by atoms with Crippen molar-refractivity contribution in [3.63, 3.8) is 0 Å². The Morgan fingerprint density at radius 2 is 1.86 bits per heavy atom. The van der Waals surface area contributed by atoms with Crippen LogP contribution in [0.5, 0.6) is 0 Å². The topological polar surface area (TPSA) is 66.8 Å². The fraction of sp³-hybridized carbons (Fsp3) is 0.250. The van der Waals surface area contributed by atoms with E-state index in [2.05, 4.69) is 0 Å². The van der Waals surface area contributed by atoms with Crippen molar-refractivity contribution in [2.75, 3.05) is 11.6 Å². The number of nitrogens with zero attached hydrogens (tertiary/aromatic N) is 1. The van der Waals surface area contributed by atoms with E-state index in [0.29, 0.717) is 6.54 Å². The van der Waals surface area contributed by atoms with Crippen LogP contribution in [0.25, 0.3) is 0 Å². The predicted molar refractivity (Wildman–Crippen MR) is 86.0 cm³/mol. The Balaban J connectivity index is 2.25. The van der Waals surface area contributed by atoms with Crippen molar-refractivity contribution in [1.29, 1.82) is 0 Å². The summed E-state index contributed by atoms with van der Waals surface area (Å²) in [5.74, 6) is 0. The number of anilines is 1. The molecule has 22 heavy (non-hydrogen) atoms. The van der Waals surface area contributed by atoms with Crippen LogP contribution in [0.4, 0.5) is 5.69 Å². The molecule has 0 bridgehead atoms. The Bertz CT molecular complexity index is 663. The van der Waals surface area contributed by atoms with E-state index in [1.165, 1.54) is 0 Å². The van der Waals surface area contributed by atoms with Gasteiger partial charge in [0.15, 0.2) is 0 Å². The molecule has 0 saturated carbocycles. The van der Waals surface area contributed by atoms with Crippen LogP contribution in [0, 0.1) is 0 Å². The van der Waals surface area contributed by atoms with E-state index >= 15 is 0 Å². The number of rotatable bonds is 7. The van der Waals surface area contributed by atoms with Gasteiger partial charge in [0.1, 0.15) is 6.73 Å². The van der Waals surface area contributed by atoms with Gasteiger partial charge in [0.05, 0.1) is 6.10 Å². The van der Waals surface area contributed by atoms with E-state index in [0.717, 1.165) is 16.8 Å². The molecule has 2 rings (SSSR count). The minimum atomic E-state index is -2.91. The first kappa shape index (κ1) is 16.5. The molecule has 118 valence electrons. The van der Waals surface area contributed by atoms with Crippen LogP contribution < -0.4 is 4.90 Å². The molecule has 6 heteroatoms. The summed E-state index contributed by atoms with van der Waals surface area (Å²) >= 11 is 0. The molecule has 2 aromatic carbocycles. The first-order valence-corrected chi connectivity index (χ1v) is 8.00. The SMILES string of the molecule is CC(O)c1cccc(N(CO[SH](=O)=O)Cc2ccccc2)c1. The number of hydrogen-bond donors (Lipinski definition) is 2. The van der Waals surface area contributed by atoms with Crippen LogP contribution in [0.2, 0.25) is 0 Å². The minimum absolute atomic E-state index is 0.0726. The third-order valence-electron chi connectivity index (χ3n) is 3.25. The van der Waals surface area contributed by atoms with Crippen molar-refractivity contribution in [3.8, 4) is 0 Å². The quantitative estimate of drug-likeness (QED) is 0.605. The lowest BCUT2D eigenvalue weighted by molar-refractivity contribution is 0.199. The fourth-order valence-corrected chi connectivity index (χ4v) is 2.35. The Kier molecular flexibility index (Phi) is 5.94. The lowest BCUT2D eigenvalue weighted by Crippen LogP contribution is -2.25. The summed E-state index contributed by atoms with van der Waals surface area (Å²) in [6, 6.07) is 17.0. The predicted octanol–water partition coefficient (Wildman–Crippen LogP) is 2.25. The van der Waals surface area contributed by atoms with Gasteiger partial charge in [0.2, 0.25) is 0 Å². The lowest BCUT2D eigenvalue weighted by atomic mass is 10.1. The second kappa shape index (κ2) is 7.93. The van der Waals surface area contributed by atoms with Crippen LogP contribution in [-0.4, -0.2) is 20.3 Å². The molecule has 0 aliphatic carbocycles. The van der Waals surface area contributed by atoms with Crippen molar-refractivity contribution < 1.29 is 17.7 Å². The maximum absolute atomic E-state index is 10.7. The van der Waals surface area contributed by atoms with Crippen LogP contribution in [0.3, 0.4) is 0 Å². The first-order valence-electron chi connectivity index (χ1n) is 6.90. The molecule has 0 fully saturated rings. The molecule has 0 aliphatic rings. The second-order valence-electron chi connectivity index (χ2n) is 4.94. The molecule has 0 heterocycles. The van der Waals surface area contributed by atoms with Gasteiger partial charge in [0.25, 0.3) is 11.0 Å². The molecule has 0 radical (unpaired) electrons. The summed E-state index contributed by atoms with van der Waals surface area (Å²) in [6.45, 7) is 2.12. The number of aliphatic hydroxyl groups excluding tert-OH is 1. The van der Waals surface area contributed by atoms with E-state index in [4.69, 9.17) is 4.18 Å². The Labute approximate surface area is 131 Å². The first-order chi connectivity index (χ1) is 10.6. The van der Waals surface area contributed by atoms with Crippen molar-refractivity contribution in [2.45, 2.75) is 19.6 Å². The van der Waals surface area contributed by atoms with Gasteiger partial charge in [-0.3, -0.25) is 4.18 Å². The molecule has 1 atom stereocenters. The largest absolute Gasteiger partial charge is 0.389 e. The zero-order valence-electron chi connectivity index (χ0n) is 12.3. The van der Waals surface area contributed by atoms with E-state index in [9.17, 15) is 13.5 Å². The van der Waals surface area contributed by atoms with Crippen molar-refractivity contribution >= 4 is 16.7 Å². The van der Waals surface area contributed by atoms with Gasteiger partial charge in [-0.15, -0.1) is 0 Å². The maximum atomic E-state index is 10.7. The van der Waals surface area contributed by atoms with Crippen molar-refractivity contribution in [1.82, 2.24) is 0 Å². The number of aliphatic hydroxyl groups is 1. The number of hydrogen-bond acceptors (Lipinski definition) is 5. The Morgan fingerprint density at radius 1 is 1.14 bits per heavy atom. The van der Waals surface area contributed by atoms with Gasteiger partial charge >= 0.3 is 0 Å². The summed E-state index contributed by atoms with van der Waals surface area (Å²) in [7, 11) is -2.91. The lowest BCUT2D eigenvalue weighted by Gasteiger charge is -2.24. The average Bonchev–Trinajstić information content (AvgIpc) is 2.52. The standard InChI is InChI=1S/C16H19NO4S/c1-13(18)15-8-5-9-16(10-15)17(12-21-22(19)20)11-14-6-3-2-4-7-14/h2-10,13,18,22H,11-12H2,1H3.